The fraction of sp³-hybridized carbons (Fsp3) is 0.176. The van der Waals surface area contributed by atoms with Crippen LogP contribution in [0, 0.1) is 10.1 Å². The molecule has 0 saturated heterocycles. The van der Waals surface area contributed by atoms with E-state index in [1.165, 1.54) is 31.4 Å². The normalized spacial score (nSPS) is 11.1. The molecular formula is C17H12F3NO5. The van der Waals surface area contributed by atoms with Gasteiger partial charge in [-0.1, -0.05) is 0 Å². The number of rotatable bonds is 6. The van der Waals surface area contributed by atoms with Crippen LogP contribution in [-0.2, 0) is 6.18 Å². The van der Waals surface area contributed by atoms with Gasteiger partial charge in [0.1, 0.15) is 5.75 Å². The summed E-state index contributed by atoms with van der Waals surface area (Å²) in [5.74, 6) is -1.07. The quantitative estimate of drug-likeness (QED) is 0.332. The third kappa shape index (κ3) is 4.24. The highest BCUT2D eigenvalue weighted by molar-refractivity contribution is 6.14. The number of benzene rings is 2. The Labute approximate surface area is 145 Å². The first-order valence-corrected chi connectivity index (χ1v) is 7.19. The van der Waals surface area contributed by atoms with Crippen LogP contribution in [0.4, 0.5) is 18.9 Å². The van der Waals surface area contributed by atoms with E-state index < -0.39 is 45.9 Å². The molecule has 0 fully saturated rings. The van der Waals surface area contributed by atoms with Crippen LogP contribution in [0.5, 0.6) is 5.75 Å². The predicted molar refractivity (Wildman–Crippen MR) is 84.4 cm³/mol. The molecule has 6 nitrogen and oxygen atoms in total. The number of nitro groups is 1. The monoisotopic (exact) mass is 367 g/mol. The summed E-state index contributed by atoms with van der Waals surface area (Å²) < 4.78 is 43.0. The lowest BCUT2D eigenvalue weighted by Crippen LogP contribution is -2.12. The molecule has 0 unspecified atom stereocenters. The van der Waals surface area contributed by atoms with E-state index in [1.807, 2.05) is 0 Å². The number of halogens is 3. The molecule has 2 aromatic rings. The molecule has 0 aliphatic carbocycles. The molecule has 0 heterocycles. The van der Waals surface area contributed by atoms with E-state index in [0.29, 0.717) is 17.9 Å². The molecule has 0 radical (unpaired) electrons. The maximum absolute atomic E-state index is 12.7. The van der Waals surface area contributed by atoms with Crippen molar-refractivity contribution in [1.29, 1.82) is 0 Å². The number of ether oxygens (including phenoxy) is 1. The standard InChI is InChI=1S/C17H12F3NO5/c1-26-12-5-2-10(3-6-12)15(22)9-16(23)13-7-4-11(17(18,19)20)8-14(13)21(24)25/h2-8H,9H2,1H3. The summed E-state index contributed by atoms with van der Waals surface area (Å²) in [5, 5.41) is 11.0. The second kappa shape index (κ2) is 7.34. The number of methoxy groups -OCH3 is 1. The summed E-state index contributed by atoms with van der Waals surface area (Å²) in [6.45, 7) is 0. The molecule has 0 bridgehead atoms. The van der Waals surface area contributed by atoms with Crippen LogP contribution in [0.3, 0.4) is 0 Å². The molecule has 0 spiro atoms. The highest BCUT2D eigenvalue weighted by Gasteiger charge is 2.34. The van der Waals surface area contributed by atoms with Crippen molar-refractivity contribution in [2.24, 2.45) is 0 Å². The first-order chi connectivity index (χ1) is 12.1. The molecule has 0 saturated carbocycles. The van der Waals surface area contributed by atoms with Crippen LogP contribution < -0.4 is 4.74 Å². The van der Waals surface area contributed by atoms with Crippen molar-refractivity contribution >= 4 is 17.3 Å². The number of carbonyl (C=O) groups excluding carboxylic acids is 2. The minimum atomic E-state index is -4.79. The van der Waals surface area contributed by atoms with Crippen LogP contribution in [0.25, 0.3) is 0 Å². The van der Waals surface area contributed by atoms with Crippen LogP contribution in [0.2, 0.25) is 0 Å². The van der Waals surface area contributed by atoms with Crippen molar-refractivity contribution < 1.29 is 32.4 Å². The van der Waals surface area contributed by atoms with Gasteiger partial charge in [0, 0.05) is 11.6 Å². The van der Waals surface area contributed by atoms with Crippen molar-refractivity contribution in [2.45, 2.75) is 12.6 Å². The minimum absolute atomic E-state index is 0.175. The third-order valence-corrected chi connectivity index (χ3v) is 3.56. The fourth-order valence-corrected chi connectivity index (χ4v) is 2.21. The summed E-state index contributed by atoms with van der Waals surface area (Å²) >= 11 is 0. The molecule has 26 heavy (non-hydrogen) atoms. The predicted octanol–water partition coefficient (Wildman–Crippen LogP) is 4.08. The average Bonchev–Trinajstić information content (AvgIpc) is 2.60. The average molecular weight is 367 g/mol. The molecule has 0 amide bonds. The maximum atomic E-state index is 12.7. The first-order valence-electron chi connectivity index (χ1n) is 7.19. The van der Waals surface area contributed by atoms with Crippen LogP contribution >= 0.6 is 0 Å². The highest BCUT2D eigenvalue weighted by atomic mass is 19.4. The van der Waals surface area contributed by atoms with Gasteiger partial charge in [-0.15, -0.1) is 0 Å². The second-order valence-electron chi connectivity index (χ2n) is 5.24. The smallest absolute Gasteiger partial charge is 0.416 e. The molecule has 0 aromatic heterocycles. The lowest BCUT2D eigenvalue weighted by molar-refractivity contribution is -0.385. The Hall–Kier alpha value is -3.23. The SMILES string of the molecule is COc1ccc(C(=O)CC(=O)c2ccc(C(F)(F)F)cc2[N+](=O)[O-])cc1. The number of carbonyl (C=O) groups is 2. The number of Topliss-reactive ketones (excluding diaryl/α,β-unsaturated/α-hetero) is 2. The van der Waals surface area contributed by atoms with Gasteiger partial charge in [0.25, 0.3) is 5.69 Å². The molecule has 0 aliphatic rings. The maximum Gasteiger partial charge on any atom is 0.416 e. The molecule has 2 rings (SSSR count). The van der Waals surface area contributed by atoms with E-state index >= 15 is 0 Å². The van der Waals surface area contributed by atoms with Gasteiger partial charge in [-0.3, -0.25) is 19.7 Å². The van der Waals surface area contributed by atoms with Gasteiger partial charge in [-0.05, 0) is 36.4 Å². The zero-order valence-electron chi connectivity index (χ0n) is 13.4. The Balaban J connectivity index is 2.28. The summed E-state index contributed by atoms with van der Waals surface area (Å²) in [6.07, 6.45) is -5.50. The van der Waals surface area contributed by atoms with E-state index in [1.54, 1.807) is 0 Å². The van der Waals surface area contributed by atoms with Gasteiger partial charge in [-0.2, -0.15) is 13.2 Å². The highest BCUT2D eigenvalue weighted by Crippen LogP contribution is 2.33. The zero-order valence-corrected chi connectivity index (χ0v) is 13.4. The van der Waals surface area contributed by atoms with Crippen molar-refractivity contribution in [3.8, 4) is 5.75 Å². The number of nitro benzene ring substituents is 1. The van der Waals surface area contributed by atoms with E-state index in [0.717, 1.165) is 0 Å². The second-order valence-corrected chi connectivity index (χ2v) is 5.24. The number of ketones is 2. The number of hydrogen-bond acceptors (Lipinski definition) is 5. The van der Waals surface area contributed by atoms with E-state index in [4.69, 9.17) is 4.74 Å². The largest absolute Gasteiger partial charge is 0.497 e. The van der Waals surface area contributed by atoms with Gasteiger partial charge in [0.15, 0.2) is 11.6 Å². The minimum Gasteiger partial charge on any atom is -0.497 e. The number of alkyl halides is 3. The molecule has 0 N–H and O–H groups in total. The molecule has 0 aliphatic heterocycles. The molecule has 9 heteroatoms. The van der Waals surface area contributed by atoms with E-state index in [9.17, 15) is 32.9 Å². The molecular weight excluding hydrogens is 355 g/mol. The summed E-state index contributed by atoms with van der Waals surface area (Å²) in [6, 6.07) is 7.38. The topological polar surface area (TPSA) is 86.5 Å². The lowest BCUT2D eigenvalue weighted by Gasteiger charge is -2.08. The Morgan fingerprint density at radius 3 is 2.19 bits per heavy atom. The van der Waals surface area contributed by atoms with Gasteiger partial charge >= 0.3 is 6.18 Å². The molecule has 2 aromatic carbocycles. The van der Waals surface area contributed by atoms with Crippen molar-refractivity contribution in [3.05, 3.63) is 69.3 Å². The Morgan fingerprint density at radius 1 is 1.08 bits per heavy atom. The van der Waals surface area contributed by atoms with Crippen molar-refractivity contribution in [3.63, 3.8) is 0 Å². The van der Waals surface area contributed by atoms with Crippen molar-refractivity contribution in [2.75, 3.05) is 7.11 Å². The van der Waals surface area contributed by atoms with Crippen LogP contribution in [0.1, 0.15) is 32.7 Å². The molecule has 136 valence electrons. The van der Waals surface area contributed by atoms with Gasteiger partial charge in [0.2, 0.25) is 0 Å². The first kappa shape index (κ1) is 19.1. The lowest BCUT2D eigenvalue weighted by atomic mass is 9.99. The van der Waals surface area contributed by atoms with Crippen molar-refractivity contribution in [1.82, 2.24) is 0 Å². The Morgan fingerprint density at radius 2 is 1.69 bits per heavy atom. The third-order valence-electron chi connectivity index (χ3n) is 3.56. The van der Waals surface area contributed by atoms with Gasteiger partial charge in [0.05, 0.1) is 29.6 Å². The number of nitrogens with zero attached hydrogens (tertiary/aromatic N) is 1. The van der Waals surface area contributed by atoms with E-state index in [2.05, 4.69) is 0 Å². The Bertz CT molecular complexity index is 860. The van der Waals surface area contributed by atoms with E-state index in [-0.39, 0.29) is 11.6 Å². The summed E-state index contributed by atoms with van der Waals surface area (Å²) in [7, 11) is 1.43. The van der Waals surface area contributed by atoms with Gasteiger partial charge in [-0.25, -0.2) is 0 Å². The van der Waals surface area contributed by atoms with Crippen LogP contribution in [0.15, 0.2) is 42.5 Å². The summed E-state index contributed by atoms with van der Waals surface area (Å²) in [5.41, 5.74) is -2.62. The zero-order chi connectivity index (χ0) is 19.5. The molecule has 0 atom stereocenters. The van der Waals surface area contributed by atoms with Gasteiger partial charge < -0.3 is 4.74 Å². The fourth-order valence-electron chi connectivity index (χ4n) is 2.21. The Kier molecular flexibility index (Phi) is 5.39. The number of hydrogen-bond donors (Lipinski definition) is 0. The summed E-state index contributed by atoms with van der Waals surface area (Å²) in [4.78, 5) is 34.3. The van der Waals surface area contributed by atoms with Crippen LogP contribution in [-0.4, -0.2) is 23.6 Å².